The number of carbonyl (C=O) groups is 2. The van der Waals surface area contributed by atoms with E-state index in [1.54, 1.807) is 19.1 Å². The molecule has 0 radical (unpaired) electrons. The van der Waals surface area contributed by atoms with Crippen molar-refractivity contribution in [3.8, 4) is 11.5 Å². The van der Waals surface area contributed by atoms with E-state index in [9.17, 15) is 9.59 Å². The van der Waals surface area contributed by atoms with Crippen molar-refractivity contribution in [2.24, 2.45) is 0 Å². The predicted octanol–water partition coefficient (Wildman–Crippen LogP) is 4.30. The molecule has 3 rings (SSSR count). The Morgan fingerprint density at radius 1 is 1.03 bits per heavy atom. The Labute approximate surface area is 182 Å². The number of carbonyl (C=O) groups excluding carboxylic acids is 2. The molecule has 0 unspecified atom stereocenters. The lowest BCUT2D eigenvalue weighted by atomic mass is 10.1. The van der Waals surface area contributed by atoms with Crippen LogP contribution >= 0.6 is 11.6 Å². The van der Waals surface area contributed by atoms with Crippen LogP contribution in [-0.4, -0.2) is 56.5 Å². The number of methoxy groups -OCH3 is 1. The molecule has 30 heavy (non-hydrogen) atoms. The van der Waals surface area contributed by atoms with E-state index < -0.39 is 0 Å². The van der Waals surface area contributed by atoms with Crippen LogP contribution in [0.5, 0.6) is 11.5 Å². The number of ketones is 1. The molecule has 2 aromatic carbocycles. The molecule has 0 spiro atoms. The summed E-state index contributed by atoms with van der Waals surface area (Å²) in [4.78, 5) is 28.5. The number of hydrogen-bond acceptors (Lipinski definition) is 5. The molecule has 160 valence electrons. The minimum absolute atomic E-state index is 0.0529. The van der Waals surface area contributed by atoms with E-state index in [0.29, 0.717) is 60.4 Å². The number of benzene rings is 2. The summed E-state index contributed by atoms with van der Waals surface area (Å²) in [6, 6.07) is 10.9. The van der Waals surface area contributed by atoms with Gasteiger partial charge in [-0.25, -0.2) is 0 Å². The number of anilines is 1. The predicted molar refractivity (Wildman–Crippen MR) is 118 cm³/mol. The molecule has 1 heterocycles. The van der Waals surface area contributed by atoms with Crippen LogP contribution in [0.4, 0.5) is 5.69 Å². The van der Waals surface area contributed by atoms with Gasteiger partial charge in [-0.15, -0.1) is 0 Å². The molecular weight excluding hydrogens is 404 g/mol. The van der Waals surface area contributed by atoms with Gasteiger partial charge in [0.05, 0.1) is 18.7 Å². The first kappa shape index (κ1) is 22.0. The Bertz CT molecular complexity index is 906. The number of nitrogens with zero attached hydrogens (tertiary/aromatic N) is 2. The fraction of sp³-hybridized carbons (Fsp3) is 0.391. The average molecular weight is 431 g/mol. The van der Waals surface area contributed by atoms with Crippen molar-refractivity contribution in [1.82, 2.24) is 4.90 Å². The van der Waals surface area contributed by atoms with Gasteiger partial charge in [-0.1, -0.05) is 18.5 Å². The molecule has 0 N–H and O–H groups in total. The molecule has 1 saturated heterocycles. The van der Waals surface area contributed by atoms with Gasteiger partial charge >= 0.3 is 0 Å². The lowest BCUT2D eigenvalue weighted by molar-refractivity contribution is 0.0746. The van der Waals surface area contributed by atoms with E-state index in [1.807, 2.05) is 36.1 Å². The van der Waals surface area contributed by atoms with Crippen molar-refractivity contribution < 1.29 is 19.1 Å². The van der Waals surface area contributed by atoms with Gasteiger partial charge in [-0.2, -0.15) is 0 Å². The Morgan fingerprint density at radius 3 is 2.27 bits per heavy atom. The highest BCUT2D eigenvalue weighted by Crippen LogP contribution is 2.37. The summed E-state index contributed by atoms with van der Waals surface area (Å²) in [5.41, 5.74) is 2.24. The molecule has 1 aliphatic heterocycles. The van der Waals surface area contributed by atoms with Crippen LogP contribution in [0.3, 0.4) is 0 Å². The molecule has 2 aromatic rings. The van der Waals surface area contributed by atoms with Gasteiger partial charge in [0, 0.05) is 43.0 Å². The second kappa shape index (κ2) is 9.85. The first-order chi connectivity index (χ1) is 14.4. The van der Waals surface area contributed by atoms with Crippen LogP contribution in [0.2, 0.25) is 5.02 Å². The molecule has 1 aliphatic rings. The molecule has 7 heteroatoms. The molecule has 6 nitrogen and oxygen atoms in total. The molecule has 0 atom stereocenters. The van der Waals surface area contributed by atoms with Gasteiger partial charge < -0.3 is 19.3 Å². The van der Waals surface area contributed by atoms with E-state index in [4.69, 9.17) is 21.1 Å². The molecule has 0 aromatic heterocycles. The molecule has 1 fully saturated rings. The Morgan fingerprint density at radius 2 is 1.70 bits per heavy atom. The van der Waals surface area contributed by atoms with Crippen LogP contribution in [0.15, 0.2) is 36.4 Å². The summed E-state index contributed by atoms with van der Waals surface area (Å²) >= 11 is 6.36. The smallest absolute Gasteiger partial charge is 0.254 e. The van der Waals surface area contributed by atoms with Crippen LogP contribution in [0.1, 0.15) is 41.0 Å². The second-order valence-corrected chi connectivity index (χ2v) is 7.63. The second-order valence-electron chi connectivity index (χ2n) is 7.22. The van der Waals surface area contributed by atoms with Crippen molar-refractivity contribution in [3.05, 3.63) is 52.5 Å². The average Bonchev–Trinajstić information content (AvgIpc) is 2.77. The highest BCUT2D eigenvalue weighted by molar-refractivity contribution is 6.32. The van der Waals surface area contributed by atoms with Crippen molar-refractivity contribution in [3.63, 3.8) is 0 Å². The zero-order valence-corrected chi connectivity index (χ0v) is 18.4. The summed E-state index contributed by atoms with van der Waals surface area (Å²) < 4.78 is 11.1. The number of piperazine rings is 1. The Kier molecular flexibility index (Phi) is 7.21. The summed E-state index contributed by atoms with van der Waals surface area (Å²) in [7, 11) is 1.54. The largest absolute Gasteiger partial charge is 0.493 e. The summed E-state index contributed by atoms with van der Waals surface area (Å²) in [5, 5.41) is 0.371. The molecule has 0 aliphatic carbocycles. The monoisotopic (exact) mass is 430 g/mol. The number of ether oxygens (including phenoxy) is 2. The molecular formula is C23H27ClN2O4. The van der Waals surface area contributed by atoms with E-state index >= 15 is 0 Å². The first-order valence-electron chi connectivity index (χ1n) is 10.1. The summed E-state index contributed by atoms with van der Waals surface area (Å²) in [6.45, 7) is 6.72. The zero-order valence-electron chi connectivity index (χ0n) is 17.6. The van der Waals surface area contributed by atoms with Crippen molar-refractivity contribution in [2.75, 3.05) is 44.8 Å². The first-order valence-corrected chi connectivity index (χ1v) is 10.5. The van der Waals surface area contributed by atoms with Gasteiger partial charge in [0.2, 0.25) is 0 Å². The highest BCUT2D eigenvalue weighted by Gasteiger charge is 2.24. The zero-order chi connectivity index (χ0) is 21.7. The van der Waals surface area contributed by atoms with Gasteiger partial charge in [0.1, 0.15) is 0 Å². The summed E-state index contributed by atoms with van der Waals surface area (Å²) in [5.74, 6) is 0.904. The number of amides is 1. The van der Waals surface area contributed by atoms with E-state index in [1.165, 1.54) is 7.11 Å². The van der Waals surface area contributed by atoms with Crippen molar-refractivity contribution in [1.29, 1.82) is 0 Å². The van der Waals surface area contributed by atoms with Crippen LogP contribution in [0, 0.1) is 0 Å². The van der Waals surface area contributed by atoms with Gasteiger partial charge in [0.15, 0.2) is 17.3 Å². The SMILES string of the molecule is CCCOc1c(Cl)cc(C(=O)N2CCN(c3ccc(C(C)=O)cc3)CC2)cc1OC. The Hall–Kier alpha value is -2.73. The Balaban J connectivity index is 1.67. The van der Waals surface area contributed by atoms with Crippen LogP contribution in [0.25, 0.3) is 0 Å². The topological polar surface area (TPSA) is 59.1 Å². The third-order valence-corrected chi connectivity index (χ3v) is 5.41. The normalized spacial score (nSPS) is 13.9. The van der Waals surface area contributed by atoms with Crippen molar-refractivity contribution >= 4 is 29.0 Å². The van der Waals surface area contributed by atoms with Gasteiger partial charge in [-0.05, 0) is 49.7 Å². The molecule has 1 amide bonds. The third-order valence-electron chi connectivity index (χ3n) is 5.13. The molecule has 0 saturated carbocycles. The van der Waals surface area contributed by atoms with E-state index in [2.05, 4.69) is 4.90 Å². The number of Topliss-reactive ketones (excluding diaryl/α,β-unsaturated/α-hetero) is 1. The van der Waals surface area contributed by atoms with E-state index in [-0.39, 0.29) is 11.7 Å². The van der Waals surface area contributed by atoms with Crippen LogP contribution in [-0.2, 0) is 0 Å². The maximum atomic E-state index is 13.0. The standard InChI is InChI=1S/C23H27ClN2O4/c1-4-13-30-22-20(24)14-18(15-21(22)29-3)23(28)26-11-9-25(10-12-26)19-7-5-17(6-8-19)16(2)27/h5-8,14-15H,4,9-13H2,1-3H3. The van der Waals surface area contributed by atoms with E-state index in [0.717, 1.165) is 12.1 Å². The highest BCUT2D eigenvalue weighted by atomic mass is 35.5. The fourth-order valence-corrected chi connectivity index (χ4v) is 3.71. The van der Waals surface area contributed by atoms with Gasteiger partial charge in [-0.3, -0.25) is 9.59 Å². The third kappa shape index (κ3) is 4.87. The molecule has 0 bridgehead atoms. The quantitative estimate of drug-likeness (QED) is 0.613. The minimum atomic E-state index is -0.0798. The number of hydrogen-bond donors (Lipinski definition) is 0. The minimum Gasteiger partial charge on any atom is -0.493 e. The van der Waals surface area contributed by atoms with Crippen molar-refractivity contribution in [2.45, 2.75) is 20.3 Å². The maximum absolute atomic E-state index is 13.0. The maximum Gasteiger partial charge on any atom is 0.254 e. The lowest BCUT2D eigenvalue weighted by Crippen LogP contribution is -2.48. The van der Waals surface area contributed by atoms with Crippen LogP contribution < -0.4 is 14.4 Å². The summed E-state index contributed by atoms with van der Waals surface area (Å²) in [6.07, 6.45) is 0.849. The number of rotatable bonds is 7. The van der Waals surface area contributed by atoms with Gasteiger partial charge in [0.25, 0.3) is 5.91 Å². The number of halogens is 1. The lowest BCUT2D eigenvalue weighted by Gasteiger charge is -2.36. The fourth-order valence-electron chi connectivity index (χ4n) is 3.44.